The van der Waals surface area contributed by atoms with E-state index in [9.17, 15) is 29.4 Å². The number of carbonyl (C=O) groups is 4. The lowest BCUT2D eigenvalue weighted by atomic mass is 9.97. The number of benzene rings is 6. The summed E-state index contributed by atoms with van der Waals surface area (Å²) in [5.41, 5.74) is 8.77. The van der Waals surface area contributed by atoms with Crippen LogP contribution in [0.5, 0.6) is 0 Å². The first-order valence-electron chi connectivity index (χ1n) is 23.2. The van der Waals surface area contributed by atoms with Crippen molar-refractivity contribution in [3.05, 3.63) is 156 Å². The van der Waals surface area contributed by atoms with Gasteiger partial charge in [-0.25, -0.2) is 19.6 Å². The van der Waals surface area contributed by atoms with E-state index in [1.807, 2.05) is 58.3 Å². The highest BCUT2D eigenvalue weighted by Crippen LogP contribution is 2.55. The van der Waals surface area contributed by atoms with Gasteiger partial charge in [0.05, 0.1) is 34.2 Å². The predicted octanol–water partition coefficient (Wildman–Crippen LogP) is 9.95. The average molecular weight is 905 g/mol. The molecule has 2 aromatic heterocycles. The lowest BCUT2D eigenvalue weighted by Gasteiger charge is -2.33. The third-order valence-corrected chi connectivity index (χ3v) is 14.9. The van der Waals surface area contributed by atoms with Crippen LogP contribution in [-0.4, -0.2) is 99.9 Å². The Hall–Kier alpha value is -8.00. The number of carboxylic acid groups (broad SMARTS) is 2. The van der Waals surface area contributed by atoms with Crippen molar-refractivity contribution in [2.45, 2.75) is 61.9 Å². The molecular weight excluding hydrogens is 857 g/mol. The maximum absolute atomic E-state index is 14.3. The molecule has 0 spiro atoms. The Morgan fingerprint density at radius 3 is 1.31 bits per heavy atom. The van der Waals surface area contributed by atoms with Crippen molar-refractivity contribution in [3.8, 4) is 22.3 Å². The predicted molar refractivity (Wildman–Crippen MR) is 256 cm³/mol. The highest BCUT2D eigenvalue weighted by atomic mass is 16.4. The standard InChI is InChI=1S/C54H48N8O6/c1-59(53(65)66)47(29-9-5-3-6-10-29)51(63)61-43-25-37(43)27-45(61)49-55-39-19-17-35(23-41(39)57-49)33-15-13-32-22-34(16-14-31(32)21-33)36-18-20-40-42(24-36)58-50(56-40)46-28-38-26-44(38)62(46)52(64)48(60(2)54(67)68)30-11-7-4-8-12-30/h3-24,37-38,43-48H,25-28H2,1-2H3,(H,55,57)(H,56,58)(H,65,66)(H,67,68)/t37-,38-,43-,44-,45+,46+,47-,48-/m1/s1. The number of carbonyl (C=O) groups excluding carboxylic acids is 2. The number of rotatable bonds is 10. The zero-order valence-electron chi connectivity index (χ0n) is 37.4. The molecule has 8 atom stereocenters. The first-order chi connectivity index (χ1) is 33.0. The summed E-state index contributed by atoms with van der Waals surface area (Å²) in [6, 6.07) is 41.1. The minimum atomic E-state index is -1.16. The fourth-order valence-electron chi connectivity index (χ4n) is 11.2. The lowest BCUT2D eigenvalue weighted by molar-refractivity contribution is -0.139. The Balaban J connectivity index is 0.782. The van der Waals surface area contributed by atoms with Crippen molar-refractivity contribution in [1.29, 1.82) is 0 Å². The number of H-pyrrole nitrogens is 2. The van der Waals surface area contributed by atoms with E-state index in [0.29, 0.717) is 34.6 Å². The van der Waals surface area contributed by atoms with E-state index in [4.69, 9.17) is 9.97 Å². The molecule has 0 radical (unpaired) electrons. The largest absolute Gasteiger partial charge is 0.465 e. The van der Waals surface area contributed by atoms with E-state index in [0.717, 1.165) is 90.6 Å². The minimum Gasteiger partial charge on any atom is -0.465 e. The highest BCUT2D eigenvalue weighted by Gasteiger charge is 2.58. The topological polar surface area (TPSA) is 179 Å². The maximum atomic E-state index is 14.3. The molecule has 2 aliphatic heterocycles. The smallest absolute Gasteiger partial charge is 0.407 e. The van der Waals surface area contributed by atoms with Gasteiger partial charge in [-0.15, -0.1) is 0 Å². The number of aromatic nitrogens is 4. The van der Waals surface area contributed by atoms with Gasteiger partial charge < -0.3 is 30.0 Å². The normalized spacial score (nSPS) is 22.2. The molecule has 0 bridgehead atoms. The summed E-state index contributed by atoms with van der Waals surface area (Å²) in [7, 11) is 2.90. The van der Waals surface area contributed by atoms with Crippen molar-refractivity contribution >= 4 is 56.8 Å². The van der Waals surface area contributed by atoms with Crippen LogP contribution in [0.3, 0.4) is 0 Å². The summed E-state index contributed by atoms with van der Waals surface area (Å²) < 4.78 is 0. The Morgan fingerprint density at radius 1 is 0.529 bits per heavy atom. The molecule has 68 heavy (non-hydrogen) atoms. The molecule has 14 nitrogen and oxygen atoms in total. The Bertz CT molecular complexity index is 3110. The molecule has 4 fully saturated rings. The van der Waals surface area contributed by atoms with Crippen molar-refractivity contribution < 1.29 is 29.4 Å². The van der Waals surface area contributed by atoms with E-state index in [1.165, 1.54) is 14.1 Å². The number of piperidine rings is 2. The molecule has 4 amide bonds. The number of imidazole rings is 2. The van der Waals surface area contributed by atoms with E-state index >= 15 is 0 Å². The van der Waals surface area contributed by atoms with Gasteiger partial charge in [-0.1, -0.05) is 97.1 Å². The number of nitrogens with one attached hydrogen (secondary N) is 2. The number of likely N-dealkylation sites (N-methyl/N-ethyl adjacent to an activating group) is 2. The molecule has 14 heteroatoms. The quantitative estimate of drug-likeness (QED) is 0.105. The van der Waals surface area contributed by atoms with Gasteiger partial charge in [-0.3, -0.25) is 19.4 Å². The first-order valence-corrected chi connectivity index (χ1v) is 23.2. The van der Waals surface area contributed by atoms with Crippen LogP contribution < -0.4 is 0 Å². The van der Waals surface area contributed by atoms with Crippen molar-refractivity contribution in [2.24, 2.45) is 11.8 Å². The third kappa shape index (κ3) is 7.01. The Morgan fingerprint density at radius 2 is 0.912 bits per heavy atom. The Labute approximate surface area is 390 Å². The van der Waals surface area contributed by atoms with Gasteiger partial charge in [0.1, 0.15) is 23.7 Å². The SMILES string of the molecule is CN(C(=O)O)[C@@H](C(=O)N1[C@@H]2C[C@@H]2C[C@H]1c1nc2ccc(-c3ccc4cc(-c5ccc6nc([C@@H]7C[C@H]8C[C@H]8N7C(=O)[C@@H](c7ccccc7)N(C)C(=O)O)[nH]c6c5)ccc4c3)cc2[nH]1)c1ccccc1. The maximum Gasteiger partial charge on any atom is 0.407 e. The molecule has 4 N–H and O–H groups in total. The van der Waals surface area contributed by atoms with Crippen LogP contribution in [0.1, 0.15) is 72.6 Å². The van der Waals surface area contributed by atoms with Crippen LogP contribution in [-0.2, 0) is 9.59 Å². The van der Waals surface area contributed by atoms with Gasteiger partial charge in [-0.2, -0.15) is 0 Å². The molecule has 4 aliphatic rings. The van der Waals surface area contributed by atoms with Crippen LogP contribution in [0, 0.1) is 11.8 Å². The summed E-state index contributed by atoms with van der Waals surface area (Å²) >= 11 is 0. The molecule has 6 aromatic carbocycles. The van der Waals surface area contributed by atoms with Gasteiger partial charge in [0, 0.05) is 26.2 Å². The summed E-state index contributed by atoms with van der Waals surface area (Å²) in [5, 5.41) is 22.1. The monoisotopic (exact) mass is 904 g/mol. The summed E-state index contributed by atoms with van der Waals surface area (Å²) in [6.45, 7) is 0. The lowest BCUT2D eigenvalue weighted by Crippen LogP contribution is -2.44. The zero-order chi connectivity index (χ0) is 46.5. The number of hydrogen-bond donors (Lipinski definition) is 4. The van der Waals surface area contributed by atoms with Crippen LogP contribution in [0.2, 0.25) is 0 Å². The number of amides is 4. The second-order valence-electron chi connectivity index (χ2n) is 19.0. The number of nitrogens with zero attached hydrogens (tertiary/aromatic N) is 6. The summed E-state index contributed by atoms with van der Waals surface area (Å²) in [6.07, 6.45) is 1.05. The van der Waals surface area contributed by atoms with Gasteiger partial charge in [0.2, 0.25) is 0 Å². The summed E-state index contributed by atoms with van der Waals surface area (Å²) in [4.78, 5) is 76.1. The summed E-state index contributed by atoms with van der Waals surface area (Å²) in [5.74, 6) is 1.70. The van der Waals surface area contributed by atoms with Gasteiger partial charge in [0.15, 0.2) is 0 Å². The van der Waals surface area contributed by atoms with E-state index in [1.54, 1.807) is 24.3 Å². The van der Waals surface area contributed by atoms with Gasteiger partial charge in [-0.05, 0) is 118 Å². The number of likely N-dealkylation sites (tertiary alicyclic amines) is 2. The average Bonchev–Trinajstić information content (AvgIpc) is 4.01. The van der Waals surface area contributed by atoms with E-state index in [2.05, 4.69) is 70.6 Å². The van der Waals surface area contributed by atoms with Gasteiger partial charge in [0.25, 0.3) is 11.8 Å². The molecule has 2 saturated heterocycles. The van der Waals surface area contributed by atoms with Crippen molar-refractivity contribution in [2.75, 3.05) is 14.1 Å². The number of hydrogen-bond acceptors (Lipinski definition) is 6. The van der Waals surface area contributed by atoms with Crippen LogP contribution in [0.25, 0.3) is 55.1 Å². The van der Waals surface area contributed by atoms with E-state index in [-0.39, 0.29) is 36.0 Å². The molecular formula is C54H48N8O6. The fourth-order valence-corrected chi connectivity index (χ4v) is 11.2. The van der Waals surface area contributed by atoms with Gasteiger partial charge >= 0.3 is 12.2 Å². The fraction of sp³-hybridized carbons (Fsp3) is 0.259. The number of fused-ring (bicyclic) bond motifs is 5. The molecule has 0 unspecified atom stereocenters. The molecule has 8 aromatic rings. The zero-order valence-corrected chi connectivity index (χ0v) is 37.4. The molecule has 4 heterocycles. The minimum absolute atomic E-state index is 0.0666. The highest BCUT2D eigenvalue weighted by molar-refractivity contribution is 5.94. The Kier molecular flexibility index (Phi) is 9.64. The molecule has 2 aliphatic carbocycles. The molecule has 12 rings (SSSR count). The van der Waals surface area contributed by atoms with Crippen molar-refractivity contribution in [1.82, 2.24) is 39.5 Å². The second-order valence-corrected chi connectivity index (χ2v) is 19.0. The third-order valence-electron chi connectivity index (χ3n) is 14.9. The van der Waals surface area contributed by atoms with Crippen LogP contribution in [0.4, 0.5) is 9.59 Å². The number of aromatic amines is 2. The first kappa shape index (κ1) is 41.4. The van der Waals surface area contributed by atoms with Crippen LogP contribution >= 0.6 is 0 Å². The second kappa shape index (κ2) is 15.8. The molecule has 340 valence electrons. The molecule has 2 saturated carbocycles. The van der Waals surface area contributed by atoms with E-state index < -0.39 is 24.3 Å². The van der Waals surface area contributed by atoms with Crippen molar-refractivity contribution in [3.63, 3.8) is 0 Å². The van der Waals surface area contributed by atoms with Crippen LogP contribution in [0.15, 0.2) is 133 Å².